The third kappa shape index (κ3) is 4.31. The van der Waals surface area contributed by atoms with Crippen molar-refractivity contribution in [1.82, 2.24) is 5.32 Å². The minimum absolute atomic E-state index is 0.392. The monoisotopic (exact) mass is 305 g/mol. The average Bonchev–Trinajstić information content (AvgIpc) is 2.36. The van der Waals surface area contributed by atoms with Crippen LogP contribution in [-0.2, 0) is 6.54 Å². The highest BCUT2D eigenvalue weighted by molar-refractivity contribution is 6.33. The van der Waals surface area contributed by atoms with Gasteiger partial charge in [0.25, 0.3) is 0 Å². The normalized spacial score (nSPS) is 24.2. The fourth-order valence-electron chi connectivity index (χ4n) is 2.42. The van der Waals surface area contributed by atoms with Gasteiger partial charge in [-0.25, -0.2) is 0 Å². The Morgan fingerprint density at radius 2 is 1.83 bits per heavy atom. The molecule has 0 aliphatic heterocycles. The van der Waals surface area contributed by atoms with Gasteiger partial charge in [0.1, 0.15) is 0 Å². The van der Waals surface area contributed by atoms with Gasteiger partial charge in [0.05, 0.1) is 0 Å². The Morgan fingerprint density at radius 1 is 1.11 bits per heavy atom. The molecule has 0 atom stereocenters. The number of hydrogen-bond acceptors (Lipinski definition) is 1. The maximum Gasteiger partial charge on any atom is 0.0451 e. The lowest BCUT2D eigenvalue weighted by atomic mass is 9.89. The van der Waals surface area contributed by atoms with Crippen molar-refractivity contribution in [2.75, 3.05) is 6.54 Å². The van der Waals surface area contributed by atoms with Crippen LogP contribution in [0.15, 0.2) is 18.2 Å². The van der Waals surface area contributed by atoms with Crippen molar-refractivity contribution in [3.05, 3.63) is 33.8 Å². The largest absolute Gasteiger partial charge is 0.312 e. The fraction of sp³-hybridized carbons (Fsp3) is 0.571. The molecule has 0 aromatic heterocycles. The highest BCUT2D eigenvalue weighted by Crippen LogP contribution is 2.27. The first-order chi connectivity index (χ1) is 8.65. The molecule has 0 spiro atoms. The molecule has 4 heteroatoms. The summed E-state index contributed by atoms with van der Waals surface area (Å²) < 4.78 is 0. The number of benzene rings is 1. The van der Waals surface area contributed by atoms with E-state index >= 15 is 0 Å². The van der Waals surface area contributed by atoms with Crippen molar-refractivity contribution in [3.8, 4) is 0 Å². The molecule has 18 heavy (non-hydrogen) atoms. The van der Waals surface area contributed by atoms with Crippen molar-refractivity contribution in [3.63, 3.8) is 0 Å². The molecule has 0 radical (unpaired) electrons. The molecule has 1 aliphatic rings. The van der Waals surface area contributed by atoms with Crippen LogP contribution in [0.2, 0.25) is 10.0 Å². The Bertz CT molecular complexity index is 387. The summed E-state index contributed by atoms with van der Waals surface area (Å²) in [7, 11) is 0. The van der Waals surface area contributed by atoms with E-state index in [9.17, 15) is 0 Å². The third-order valence-corrected chi connectivity index (χ3v) is 4.57. The molecule has 1 aliphatic carbocycles. The van der Waals surface area contributed by atoms with Crippen LogP contribution in [-0.4, -0.2) is 11.9 Å². The Labute approximate surface area is 124 Å². The van der Waals surface area contributed by atoms with E-state index in [-0.39, 0.29) is 0 Å². The molecule has 1 saturated carbocycles. The molecule has 1 nitrogen and oxygen atoms in total. The van der Waals surface area contributed by atoms with E-state index in [2.05, 4.69) is 5.32 Å². The van der Waals surface area contributed by atoms with Crippen LogP contribution in [0.3, 0.4) is 0 Å². The van der Waals surface area contributed by atoms with Gasteiger partial charge in [0.2, 0.25) is 0 Å². The molecular weight excluding hydrogens is 289 g/mol. The van der Waals surface area contributed by atoms with Crippen molar-refractivity contribution in [1.29, 1.82) is 0 Å². The van der Waals surface area contributed by atoms with Crippen LogP contribution in [0.25, 0.3) is 0 Å². The zero-order chi connectivity index (χ0) is 13.0. The third-order valence-electron chi connectivity index (χ3n) is 3.53. The zero-order valence-corrected chi connectivity index (χ0v) is 12.5. The number of alkyl halides is 1. The number of nitrogens with one attached hydrogen (secondary N) is 1. The first-order valence-electron chi connectivity index (χ1n) is 6.44. The summed E-state index contributed by atoms with van der Waals surface area (Å²) in [5.41, 5.74) is 1.06. The van der Waals surface area contributed by atoms with Crippen molar-refractivity contribution >= 4 is 34.8 Å². The molecule has 1 aromatic rings. The summed E-state index contributed by atoms with van der Waals surface area (Å²) in [4.78, 5) is 0. The Kier molecular flexibility index (Phi) is 5.62. The highest BCUT2D eigenvalue weighted by Gasteiger charge is 2.18. The second-order valence-corrected chi connectivity index (χ2v) is 6.45. The Morgan fingerprint density at radius 3 is 2.56 bits per heavy atom. The lowest BCUT2D eigenvalue weighted by molar-refractivity contribution is 0.345. The van der Waals surface area contributed by atoms with Gasteiger partial charge in [0.15, 0.2) is 0 Å². The maximum absolute atomic E-state index is 6.12. The minimum Gasteiger partial charge on any atom is -0.312 e. The van der Waals surface area contributed by atoms with Gasteiger partial charge >= 0.3 is 0 Å². The zero-order valence-electron chi connectivity index (χ0n) is 10.3. The predicted octanol–water partition coefficient (Wildman–Crippen LogP) is 4.88. The molecule has 1 fully saturated rings. The van der Waals surface area contributed by atoms with Crippen molar-refractivity contribution in [2.24, 2.45) is 5.92 Å². The average molecular weight is 307 g/mol. The summed E-state index contributed by atoms with van der Waals surface area (Å²) in [6, 6.07) is 5.58. The number of rotatable bonds is 4. The van der Waals surface area contributed by atoms with Gasteiger partial charge in [-0.15, -0.1) is 11.6 Å². The molecule has 0 bridgehead atoms. The van der Waals surface area contributed by atoms with Gasteiger partial charge in [-0.1, -0.05) is 23.2 Å². The molecule has 0 amide bonds. The molecule has 0 heterocycles. The van der Waals surface area contributed by atoms with Crippen LogP contribution in [0.1, 0.15) is 31.2 Å². The minimum atomic E-state index is 0.392. The molecule has 2 rings (SSSR count). The Hall–Kier alpha value is 0.0500. The van der Waals surface area contributed by atoms with E-state index in [1.807, 2.05) is 18.2 Å². The first-order valence-corrected chi connectivity index (χ1v) is 7.63. The van der Waals surface area contributed by atoms with Gasteiger partial charge < -0.3 is 5.32 Å². The van der Waals surface area contributed by atoms with Crippen molar-refractivity contribution < 1.29 is 0 Å². The number of halogens is 3. The van der Waals surface area contributed by atoms with E-state index in [1.165, 1.54) is 12.8 Å². The standard InChI is InChI=1S/C14H18Cl3N/c15-12-3-1-10(2-4-12)8-18-9-11-7-13(16)5-6-14(11)17/h5-7,10,12,18H,1-4,8-9H2. The van der Waals surface area contributed by atoms with E-state index in [0.717, 1.165) is 47.5 Å². The first kappa shape index (κ1) is 14.5. The van der Waals surface area contributed by atoms with Crippen LogP contribution >= 0.6 is 34.8 Å². The van der Waals surface area contributed by atoms with Crippen LogP contribution in [0.5, 0.6) is 0 Å². The van der Waals surface area contributed by atoms with Gasteiger partial charge in [-0.3, -0.25) is 0 Å². The predicted molar refractivity (Wildman–Crippen MR) is 79.8 cm³/mol. The highest BCUT2D eigenvalue weighted by atomic mass is 35.5. The lowest BCUT2D eigenvalue weighted by Crippen LogP contribution is -2.26. The number of hydrogen-bond donors (Lipinski definition) is 1. The maximum atomic E-state index is 6.12. The lowest BCUT2D eigenvalue weighted by Gasteiger charge is -2.25. The smallest absolute Gasteiger partial charge is 0.0451 e. The van der Waals surface area contributed by atoms with E-state index < -0.39 is 0 Å². The fourth-order valence-corrected chi connectivity index (χ4v) is 3.05. The van der Waals surface area contributed by atoms with Gasteiger partial charge in [-0.2, -0.15) is 0 Å². The van der Waals surface area contributed by atoms with Crippen LogP contribution in [0.4, 0.5) is 0 Å². The molecule has 1 N–H and O–H groups in total. The molecule has 0 saturated heterocycles. The van der Waals surface area contributed by atoms with E-state index in [0.29, 0.717) is 5.38 Å². The molecular formula is C14H18Cl3N. The second-order valence-electron chi connectivity index (χ2n) is 4.98. The van der Waals surface area contributed by atoms with Gasteiger partial charge in [-0.05, 0) is 61.9 Å². The summed E-state index contributed by atoms with van der Waals surface area (Å²) in [6.07, 6.45) is 4.74. The Balaban J connectivity index is 1.76. The quantitative estimate of drug-likeness (QED) is 0.782. The molecule has 1 aromatic carbocycles. The summed E-state index contributed by atoms with van der Waals surface area (Å²) >= 11 is 18.2. The topological polar surface area (TPSA) is 12.0 Å². The van der Waals surface area contributed by atoms with Crippen LogP contribution in [0, 0.1) is 5.92 Å². The summed E-state index contributed by atoms with van der Waals surface area (Å²) in [6.45, 7) is 1.81. The summed E-state index contributed by atoms with van der Waals surface area (Å²) in [5, 5.41) is 5.37. The van der Waals surface area contributed by atoms with E-state index in [1.54, 1.807) is 0 Å². The summed E-state index contributed by atoms with van der Waals surface area (Å²) in [5.74, 6) is 0.748. The second kappa shape index (κ2) is 7.00. The molecule has 100 valence electrons. The molecule has 0 unspecified atom stereocenters. The van der Waals surface area contributed by atoms with E-state index in [4.69, 9.17) is 34.8 Å². The SMILES string of the molecule is Clc1ccc(Cl)c(CNCC2CCC(Cl)CC2)c1. The van der Waals surface area contributed by atoms with Crippen molar-refractivity contribution in [2.45, 2.75) is 37.6 Å². The van der Waals surface area contributed by atoms with Crippen LogP contribution < -0.4 is 5.32 Å². The van der Waals surface area contributed by atoms with Gasteiger partial charge in [0, 0.05) is 22.0 Å².